The molecule has 12 heavy (non-hydrogen) atoms. The molecule has 0 aromatic heterocycles. The summed E-state index contributed by atoms with van der Waals surface area (Å²) in [4.78, 5) is 9.98. The fourth-order valence-electron chi connectivity index (χ4n) is 0.506. The van der Waals surface area contributed by atoms with E-state index >= 15 is 0 Å². The molecule has 0 saturated heterocycles. The molecule has 0 heterocycles. The first-order chi connectivity index (χ1) is 5.77. The van der Waals surface area contributed by atoms with E-state index in [0.29, 0.717) is 0 Å². The first kappa shape index (κ1) is 10.4. The van der Waals surface area contributed by atoms with Gasteiger partial charge in [-0.05, 0) is 6.92 Å². The van der Waals surface area contributed by atoms with Gasteiger partial charge >= 0.3 is 5.97 Å². The molecule has 0 amide bonds. The van der Waals surface area contributed by atoms with Crippen molar-refractivity contribution in [3.05, 3.63) is 48.6 Å². The van der Waals surface area contributed by atoms with Crippen molar-refractivity contribution >= 4 is 5.97 Å². The zero-order valence-electron chi connectivity index (χ0n) is 6.97. The SMILES string of the molecule is C\C=C/C=C/C=C\C=C/C(=O)O. The lowest BCUT2D eigenvalue weighted by atomic mass is 10.4. The summed E-state index contributed by atoms with van der Waals surface area (Å²) in [6.07, 6.45) is 13.5. The van der Waals surface area contributed by atoms with Gasteiger partial charge < -0.3 is 5.11 Å². The third-order valence-corrected chi connectivity index (χ3v) is 0.987. The highest BCUT2D eigenvalue weighted by Gasteiger charge is 1.78. The van der Waals surface area contributed by atoms with E-state index in [1.165, 1.54) is 6.08 Å². The van der Waals surface area contributed by atoms with E-state index in [9.17, 15) is 4.79 Å². The summed E-state index contributed by atoms with van der Waals surface area (Å²) in [5.41, 5.74) is 0. The summed E-state index contributed by atoms with van der Waals surface area (Å²) in [5, 5.41) is 8.20. The maximum Gasteiger partial charge on any atom is 0.328 e. The van der Waals surface area contributed by atoms with E-state index in [-0.39, 0.29) is 0 Å². The lowest BCUT2D eigenvalue weighted by molar-refractivity contribution is -0.131. The Morgan fingerprint density at radius 1 is 1.00 bits per heavy atom. The van der Waals surface area contributed by atoms with Crippen LogP contribution in [0.2, 0.25) is 0 Å². The molecule has 0 unspecified atom stereocenters. The van der Waals surface area contributed by atoms with Crippen LogP contribution in [0.4, 0.5) is 0 Å². The zero-order chi connectivity index (χ0) is 9.23. The van der Waals surface area contributed by atoms with Gasteiger partial charge in [0.05, 0.1) is 0 Å². The van der Waals surface area contributed by atoms with Gasteiger partial charge in [-0.15, -0.1) is 0 Å². The van der Waals surface area contributed by atoms with Gasteiger partial charge in [0.15, 0.2) is 0 Å². The van der Waals surface area contributed by atoms with Crippen LogP contribution in [0.25, 0.3) is 0 Å². The summed E-state index contributed by atoms with van der Waals surface area (Å²) < 4.78 is 0. The Bertz CT molecular complexity index is 232. The Morgan fingerprint density at radius 2 is 1.50 bits per heavy atom. The summed E-state index contributed by atoms with van der Waals surface area (Å²) in [5.74, 6) is -0.933. The Kier molecular flexibility index (Phi) is 6.55. The smallest absolute Gasteiger partial charge is 0.328 e. The molecule has 0 aliphatic carbocycles. The molecule has 0 bridgehead atoms. The Labute approximate surface area is 72.2 Å². The number of rotatable bonds is 4. The topological polar surface area (TPSA) is 37.3 Å². The molecule has 0 aliphatic rings. The van der Waals surface area contributed by atoms with Gasteiger partial charge in [-0.3, -0.25) is 0 Å². The lowest BCUT2D eigenvalue weighted by Gasteiger charge is -1.74. The molecule has 0 aromatic carbocycles. The van der Waals surface area contributed by atoms with Crippen LogP contribution in [-0.4, -0.2) is 11.1 Å². The predicted octanol–water partition coefficient (Wildman–Crippen LogP) is 2.32. The first-order valence-corrected chi connectivity index (χ1v) is 3.63. The fraction of sp³-hybridized carbons (Fsp3) is 0.100. The van der Waals surface area contributed by atoms with Crippen molar-refractivity contribution in [3.8, 4) is 0 Å². The Hall–Kier alpha value is -1.57. The van der Waals surface area contributed by atoms with Gasteiger partial charge in [0.2, 0.25) is 0 Å². The van der Waals surface area contributed by atoms with Gasteiger partial charge in [-0.1, -0.05) is 42.5 Å². The summed E-state index contributed by atoms with van der Waals surface area (Å²) in [7, 11) is 0. The summed E-state index contributed by atoms with van der Waals surface area (Å²) in [6, 6.07) is 0. The van der Waals surface area contributed by atoms with E-state index in [0.717, 1.165) is 6.08 Å². The molecule has 0 atom stereocenters. The molecule has 0 radical (unpaired) electrons. The summed E-state index contributed by atoms with van der Waals surface area (Å²) >= 11 is 0. The van der Waals surface area contributed by atoms with Gasteiger partial charge in [-0.25, -0.2) is 4.79 Å². The molecule has 2 nitrogen and oxygen atoms in total. The van der Waals surface area contributed by atoms with Gasteiger partial charge in [0.1, 0.15) is 0 Å². The van der Waals surface area contributed by atoms with Crippen LogP contribution < -0.4 is 0 Å². The highest BCUT2D eigenvalue weighted by Crippen LogP contribution is 1.81. The fourth-order valence-corrected chi connectivity index (χ4v) is 0.506. The third-order valence-electron chi connectivity index (χ3n) is 0.987. The number of carbonyl (C=O) groups is 1. The number of carboxylic acid groups (broad SMARTS) is 1. The molecular weight excluding hydrogens is 152 g/mol. The minimum absolute atomic E-state index is 0.933. The first-order valence-electron chi connectivity index (χ1n) is 3.63. The van der Waals surface area contributed by atoms with E-state index in [1.54, 1.807) is 12.2 Å². The average Bonchev–Trinajstić information content (AvgIpc) is 2.02. The Morgan fingerprint density at radius 3 is 2.00 bits per heavy atom. The van der Waals surface area contributed by atoms with Crippen molar-refractivity contribution in [2.24, 2.45) is 0 Å². The number of aliphatic carboxylic acids is 1. The van der Waals surface area contributed by atoms with Crippen LogP contribution in [0.3, 0.4) is 0 Å². The molecular formula is C10H12O2. The van der Waals surface area contributed by atoms with E-state index in [2.05, 4.69) is 0 Å². The summed E-state index contributed by atoms with van der Waals surface area (Å²) in [6.45, 7) is 1.93. The number of hydrogen-bond acceptors (Lipinski definition) is 1. The maximum absolute atomic E-state index is 9.98. The largest absolute Gasteiger partial charge is 0.478 e. The van der Waals surface area contributed by atoms with Gasteiger partial charge in [-0.2, -0.15) is 0 Å². The van der Waals surface area contributed by atoms with Crippen molar-refractivity contribution in [3.63, 3.8) is 0 Å². The van der Waals surface area contributed by atoms with Crippen LogP contribution in [0, 0.1) is 0 Å². The third kappa shape index (κ3) is 8.43. The monoisotopic (exact) mass is 164 g/mol. The second-order valence-corrected chi connectivity index (χ2v) is 1.99. The molecule has 0 aliphatic heterocycles. The van der Waals surface area contributed by atoms with Crippen LogP contribution in [0.5, 0.6) is 0 Å². The quantitative estimate of drug-likeness (QED) is 0.511. The Balaban J connectivity index is 3.70. The van der Waals surface area contributed by atoms with Crippen molar-refractivity contribution in [2.75, 3.05) is 0 Å². The molecule has 0 fully saturated rings. The van der Waals surface area contributed by atoms with Crippen LogP contribution >= 0.6 is 0 Å². The maximum atomic E-state index is 9.98. The zero-order valence-corrected chi connectivity index (χ0v) is 6.97. The molecule has 2 heteroatoms. The molecule has 0 rings (SSSR count). The standard InChI is InChI=1S/C10H12O2/c1-2-3-4-5-6-7-8-9-10(11)12/h2-9H,1H3,(H,11,12)/b3-2-,5-4+,7-6-,9-8-. The van der Waals surface area contributed by atoms with E-state index in [1.807, 2.05) is 31.2 Å². The van der Waals surface area contributed by atoms with E-state index < -0.39 is 5.97 Å². The van der Waals surface area contributed by atoms with Crippen LogP contribution in [0.1, 0.15) is 6.92 Å². The minimum atomic E-state index is -0.933. The number of hydrogen-bond donors (Lipinski definition) is 1. The van der Waals surface area contributed by atoms with Crippen LogP contribution in [0.15, 0.2) is 48.6 Å². The lowest BCUT2D eigenvalue weighted by Crippen LogP contribution is -1.84. The molecule has 64 valence electrons. The predicted molar refractivity (Wildman–Crippen MR) is 49.9 cm³/mol. The van der Waals surface area contributed by atoms with Crippen LogP contribution in [-0.2, 0) is 4.79 Å². The van der Waals surface area contributed by atoms with E-state index in [4.69, 9.17) is 5.11 Å². The highest BCUT2D eigenvalue weighted by molar-refractivity contribution is 5.80. The van der Waals surface area contributed by atoms with Gasteiger partial charge in [0.25, 0.3) is 0 Å². The highest BCUT2D eigenvalue weighted by atomic mass is 16.4. The van der Waals surface area contributed by atoms with Gasteiger partial charge in [0, 0.05) is 6.08 Å². The van der Waals surface area contributed by atoms with Crippen molar-refractivity contribution in [2.45, 2.75) is 6.92 Å². The van der Waals surface area contributed by atoms with Crippen molar-refractivity contribution in [1.82, 2.24) is 0 Å². The molecule has 0 aromatic rings. The second-order valence-electron chi connectivity index (χ2n) is 1.99. The number of allylic oxidation sites excluding steroid dienone is 7. The second kappa shape index (κ2) is 7.54. The number of carboxylic acids is 1. The molecule has 0 saturated carbocycles. The minimum Gasteiger partial charge on any atom is -0.478 e. The normalized spacial score (nSPS) is 12.8. The molecule has 0 spiro atoms. The van der Waals surface area contributed by atoms with Crippen molar-refractivity contribution in [1.29, 1.82) is 0 Å². The van der Waals surface area contributed by atoms with Crippen molar-refractivity contribution < 1.29 is 9.90 Å². The molecule has 1 N–H and O–H groups in total. The average molecular weight is 164 g/mol.